The highest BCUT2D eigenvalue weighted by Gasteiger charge is 1.91. The Hall–Kier alpha value is -2.82. The molecule has 0 fully saturated rings. The molecule has 0 amide bonds. The van der Waals surface area contributed by atoms with E-state index in [0.717, 1.165) is 16.7 Å². The minimum atomic E-state index is 0. The Morgan fingerprint density at radius 1 is 0.857 bits per heavy atom. The van der Waals surface area contributed by atoms with E-state index in [9.17, 15) is 0 Å². The number of pyridine rings is 2. The summed E-state index contributed by atoms with van der Waals surface area (Å²) in [5, 5.41) is 8.10. The third kappa shape index (κ3) is 3.20. The van der Waals surface area contributed by atoms with E-state index in [0.29, 0.717) is 0 Å². The Kier molecular flexibility index (Phi) is 4.23. The van der Waals surface area contributed by atoms with Crippen molar-refractivity contribution in [2.75, 3.05) is 5.73 Å². The zero-order valence-corrected chi connectivity index (χ0v) is 11.1. The first-order chi connectivity index (χ1) is 9.72. The molecule has 0 aliphatic heterocycles. The number of hydrogen-bond donors (Lipinski definition) is 1. The molecule has 21 heavy (non-hydrogen) atoms. The lowest BCUT2D eigenvalue weighted by Gasteiger charge is -1.92. The normalized spacial score (nSPS) is 9.95. The van der Waals surface area contributed by atoms with Gasteiger partial charge in [-0.1, -0.05) is 7.43 Å². The zero-order chi connectivity index (χ0) is 13.9. The van der Waals surface area contributed by atoms with E-state index >= 15 is 0 Å². The van der Waals surface area contributed by atoms with Gasteiger partial charge in [-0.2, -0.15) is 10.2 Å². The van der Waals surface area contributed by atoms with Crippen LogP contribution in [0.3, 0.4) is 0 Å². The number of nitrogen functional groups attached to an aromatic ring is 1. The first kappa shape index (κ1) is 14.6. The lowest BCUT2D eigenvalue weighted by molar-refractivity contribution is 0.958. The van der Waals surface area contributed by atoms with E-state index in [4.69, 9.17) is 5.73 Å². The second-order valence-corrected chi connectivity index (χ2v) is 4.57. The maximum atomic E-state index is 5.54. The van der Waals surface area contributed by atoms with Gasteiger partial charge in [-0.05, 0) is 48.9 Å². The van der Waals surface area contributed by atoms with Gasteiger partial charge in [0.2, 0.25) is 0 Å². The predicted octanol–water partition coefficient (Wildman–Crippen LogP) is 3.20. The topological polar surface area (TPSA) is 60.6 Å². The van der Waals surface area contributed by atoms with Crippen molar-refractivity contribution in [3.8, 4) is 0 Å². The summed E-state index contributed by atoms with van der Waals surface area (Å²) < 4.78 is 3.63. The molecule has 4 aromatic heterocycles. The second-order valence-electron chi connectivity index (χ2n) is 4.57. The molecule has 0 saturated heterocycles. The van der Waals surface area contributed by atoms with Crippen LogP contribution in [0.2, 0.25) is 0 Å². The Balaban J connectivity index is 0.000000147. The van der Waals surface area contributed by atoms with Gasteiger partial charge in [-0.15, -0.1) is 0 Å². The van der Waals surface area contributed by atoms with Crippen molar-refractivity contribution in [1.82, 2.24) is 19.2 Å². The van der Waals surface area contributed by atoms with Crippen LogP contribution in [0.5, 0.6) is 0 Å². The predicted molar refractivity (Wildman–Crippen MR) is 86.3 cm³/mol. The van der Waals surface area contributed by atoms with E-state index in [2.05, 4.69) is 23.2 Å². The smallest absolute Gasteiger partial charge is 0.0682 e. The van der Waals surface area contributed by atoms with Crippen molar-refractivity contribution < 1.29 is 0 Å². The van der Waals surface area contributed by atoms with Gasteiger partial charge in [0.05, 0.1) is 11.0 Å². The van der Waals surface area contributed by atoms with Gasteiger partial charge >= 0.3 is 0 Å². The van der Waals surface area contributed by atoms with Crippen molar-refractivity contribution in [2.24, 2.45) is 0 Å². The summed E-state index contributed by atoms with van der Waals surface area (Å²) >= 11 is 0. The molecular formula is C16H19N5. The van der Waals surface area contributed by atoms with E-state index in [1.807, 2.05) is 47.2 Å². The summed E-state index contributed by atoms with van der Waals surface area (Å²) in [5.41, 5.74) is 9.77. The SMILES string of the molecule is C.Cc1ccn2nccc2c1.Nc1ccn2nccc2c1. The highest BCUT2D eigenvalue weighted by atomic mass is 15.2. The fourth-order valence-electron chi connectivity index (χ4n) is 1.97. The maximum Gasteiger partial charge on any atom is 0.0682 e. The molecule has 0 spiro atoms. The average Bonchev–Trinajstić information content (AvgIpc) is 3.06. The summed E-state index contributed by atoms with van der Waals surface area (Å²) in [5.74, 6) is 0. The van der Waals surface area contributed by atoms with Gasteiger partial charge < -0.3 is 5.73 Å². The van der Waals surface area contributed by atoms with E-state index in [1.54, 1.807) is 16.9 Å². The Morgan fingerprint density at radius 3 is 2.10 bits per heavy atom. The largest absolute Gasteiger partial charge is 0.399 e. The van der Waals surface area contributed by atoms with E-state index in [-0.39, 0.29) is 7.43 Å². The number of nitrogens with zero attached hydrogens (tertiary/aromatic N) is 4. The van der Waals surface area contributed by atoms with Gasteiger partial charge in [0, 0.05) is 30.5 Å². The molecule has 0 bridgehead atoms. The lowest BCUT2D eigenvalue weighted by Crippen LogP contribution is -1.88. The number of fused-ring (bicyclic) bond motifs is 2. The van der Waals surface area contributed by atoms with Gasteiger partial charge in [0.1, 0.15) is 0 Å². The number of anilines is 1. The summed E-state index contributed by atoms with van der Waals surface area (Å²) in [6.45, 7) is 2.08. The third-order valence-electron chi connectivity index (χ3n) is 2.98. The minimum Gasteiger partial charge on any atom is -0.399 e. The quantitative estimate of drug-likeness (QED) is 0.538. The second kappa shape index (κ2) is 6.09. The van der Waals surface area contributed by atoms with Crippen LogP contribution in [0.1, 0.15) is 13.0 Å². The molecular weight excluding hydrogens is 262 g/mol. The molecule has 5 nitrogen and oxygen atoms in total. The molecule has 2 N–H and O–H groups in total. The first-order valence-corrected chi connectivity index (χ1v) is 6.31. The lowest BCUT2D eigenvalue weighted by atomic mass is 10.3. The van der Waals surface area contributed by atoms with Gasteiger partial charge in [0.15, 0.2) is 0 Å². The Bertz CT molecular complexity index is 772. The van der Waals surface area contributed by atoms with Gasteiger partial charge in [0.25, 0.3) is 0 Å². The Morgan fingerprint density at radius 2 is 1.43 bits per heavy atom. The number of hydrogen-bond acceptors (Lipinski definition) is 3. The summed E-state index contributed by atoms with van der Waals surface area (Å²) in [6, 6.07) is 11.8. The number of rotatable bonds is 0. The van der Waals surface area contributed by atoms with Crippen LogP contribution in [0.25, 0.3) is 11.0 Å². The van der Waals surface area contributed by atoms with Crippen molar-refractivity contribution in [1.29, 1.82) is 0 Å². The number of aryl methyl sites for hydroxylation is 1. The van der Waals surface area contributed by atoms with E-state index < -0.39 is 0 Å². The molecule has 0 unspecified atom stereocenters. The molecule has 108 valence electrons. The van der Waals surface area contributed by atoms with Gasteiger partial charge in [-0.3, -0.25) is 0 Å². The standard InChI is InChI=1S/C8H8N2.C7H7N3.CH4/c1-7-3-5-10-8(6-7)2-4-9-10;8-6-2-4-10-7(5-6)1-3-9-10;/h2-6H,1H3;1-5H,8H2;1H4. The van der Waals surface area contributed by atoms with Gasteiger partial charge in [-0.25, -0.2) is 9.03 Å². The Labute approximate surface area is 123 Å². The fraction of sp³-hybridized carbons (Fsp3) is 0.125. The summed E-state index contributed by atoms with van der Waals surface area (Å²) in [4.78, 5) is 0. The highest BCUT2D eigenvalue weighted by Crippen LogP contribution is 2.06. The molecule has 0 aliphatic rings. The van der Waals surface area contributed by atoms with Crippen LogP contribution in [0.15, 0.2) is 61.2 Å². The molecule has 0 saturated carbocycles. The summed E-state index contributed by atoms with van der Waals surface area (Å²) in [6.07, 6.45) is 7.35. The fourth-order valence-corrected chi connectivity index (χ4v) is 1.97. The molecule has 0 aliphatic carbocycles. The van der Waals surface area contributed by atoms with Crippen LogP contribution in [0, 0.1) is 6.92 Å². The summed E-state index contributed by atoms with van der Waals surface area (Å²) in [7, 11) is 0. The molecule has 0 radical (unpaired) electrons. The van der Waals surface area contributed by atoms with Crippen LogP contribution in [-0.4, -0.2) is 19.2 Å². The third-order valence-corrected chi connectivity index (χ3v) is 2.98. The van der Waals surface area contributed by atoms with Crippen molar-refractivity contribution in [3.63, 3.8) is 0 Å². The minimum absolute atomic E-state index is 0. The molecule has 4 aromatic rings. The highest BCUT2D eigenvalue weighted by molar-refractivity contribution is 5.55. The molecule has 0 atom stereocenters. The maximum absolute atomic E-state index is 5.54. The first-order valence-electron chi connectivity index (χ1n) is 6.31. The number of aromatic nitrogens is 4. The van der Waals surface area contributed by atoms with Crippen LogP contribution >= 0.6 is 0 Å². The molecule has 5 heteroatoms. The van der Waals surface area contributed by atoms with Crippen LogP contribution in [0.4, 0.5) is 5.69 Å². The van der Waals surface area contributed by atoms with Crippen molar-refractivity contribution in [2.45, 2.75) is 14.4 Å². The molecule has 4 heterocycles. The number of nitrogens with two attached hydrogens (primary N) is 1. The molecule has 4 rings (SSSR count). The van der Waals surface area contributed by atoms with E-state index in [1.165, 1.54) is 5.56 Å². The average molecular weight is 281 g/mol. The molecule has 0 aromatic carbocycles. The monoisotopic (exact) mass is 281 g/mol. The van der Waals surface area contributed by atoms with Crippen LogP contribution in [-0.2, 0) is 0 Å². The van der Waals surface area contributed by atoms with Crippen molar-refractivity contribution in [3.05, 3.63) is 66.7 Å². The zero-order valence-electron chi connectivity index (χ0n) is 11.1. The van der Waals surface area contributed by atoms with Crippen molar-refractivity contribution >= 4 is 16.7 Å². The van der Waals surface area contributed by atoms with Crippen LogP contribution < -0.4 is 5.73 Å².